The average molecular weight is 359 g/mol. The van der Waals surface area contributed by atoms with E-state index in [1.165, 1.54) is 11.8 Å². The zero-order valence-corrected chi connectivity index (χ0v) is 15.7. The molecule has 2 rings (SSSR count). The number of rotatable bonds is 4. The van der Waals surface area contributed by atoms with Crippen molar-refractivity contribution in [1.29, 1.82) is 0 Å². The van der Waals surface area contributed by atoms with Crippen LogP contribution in [0.2, 0.25) is 5.02 Å². The molecular formula is C20H23ClN2O2. The molecule has 0 atom stereocenters. The van der Waals surface area contributed by atoms with Crippen LogP contribution in [0.3, 0.4) is 0 Å². The normalized spacial score (nSPS) is 11.1. The number of carbonyl (C=O) groups excluding carboxylic acids is 2. The smallest absolute Gasteiger partial charge is 0.244 e. The van der Waals surface area contributed by atoms with E-state index in [-0.39, 0.29) is 23.8 Å². The molecule has 0 bridgehead atoms. The lowest BCUT2D eigenvalue weighted by Gasteiger charge is -2.29. The molecule has 0 unspecified atom stereocenters. The van der Waals surface area contributed by atoms with E-state index in [1.807, 2.05) is 24.3 Å². The highest BCUT2D eigenvalue weighted by Crippen LogP contribution is 2.32. The fourth-order valence-corrected chi connectivity index (χ4v) is 2.79. The topological polar surface area (TPSA) is 49.4 Å². The Morgan fingerprint density at radius 2 is 1.64 bits per heavy atom. The first-order chi connectivity index (χ1) is 11.7. The van der Waals surface area contributed by atoms with Gasteiger partial charge in [-0.2, -0.15) is 0 Å². The molecule has 2 aromatic carbocycles. The summed E-state index contributed by atoms with van der Waals surface area (Å²) in [4.78, 5) is 26.1. The molecule has 0 aromatic heterocycles. The Morgan fingerprint density at radius 3 is 2.24 bits per heavy atom. The van der Waals surface area contributed by atoms with Crippen LogP contribution < -0.4 is 10.2 Å². The molecule has 0 spiro atoms. The molecule has 0 radical (unpaired) electrons. The molecule has 0 saturated heterocycles. The number of benzene rings is 2. The Hall–Kier alpha value is -2.33. The molecule has 0 aliphatic heterocycles. The summed E-state index contributed by atoms with van der Waals surface area (Å²) in [5.74, 6) is -0.488. The lowest BCUT2D eigenvalue weighted by molar-refractivity contribution is -0.120. The van der Waals surface area contributed by atoms with E-state index in [0.29, 0.717) is 10.7 Å². The highest BCUT2D eigenvalue weighted by molar-refractivity contribution is 6.33. The standard InChI is InChI=1S/C20H23ClN2O2/c1-14(24)23(18-12-8-5-9-15(18)20(2,3)4)13-19(25)22-17-11-7-6-10-16(17)21/h5-12H,13H2,1-4H3,(H,22,25). The Labute approximate surface area is 153 Å². The van der Waals surface area contributed by atoms with Gasteiger partial charge in [-0.05, 0) is 29.2 Å². The van der Waals surface area contributed by atoms with Crippen molar-refractivity contribution in [2.45, 2.75) is 33.1 Å². The van der Waals surface area contributed by atoms with Crippen LogP contribution in [0.5, 0.6) is 0 Å². The van der Waals surface area contributed by atoms with Gasteiger partial charge in [0.25, 0.3) is 0 Å². The molecule has 0 aliphatic carbocycles. The minimum absolute atomic E-state index is 0.0757. The Kier molecular flexibility index (Phi) is 5.85. The maximum Gasteiger partial charge on any atom is 0.244 e. The molecule has 2 aromatic rings. The number of halogens is 1. The Bertz CT molecular complexity index is 781. The summed E-state index contributed by atoms with van der Waals surface area (Å²) in [5, 5.41) is 3.22. The maximum absolute atomic E-state index is 12.5. The van der Waals surface area contributed by atoms with Crippen molar-refractivity contribution in [3.63, 3.8) is 0 Å². The predicted octanol–water partition coefficient (Wildman–Crippen LogP) is 4.63. The summed E-state index contributed by atoms with van der Waals surface area (Å²) in [6.07, 6.45) is 0. The SMILES string of the molecule is CC(=O)N(CC(=O)Nc1ccccc1Cl)c1ccccc1C(C)(C)C. The van der Waals surface area contributed by atoms with Gasteiger partial charge < -0.3 is 10.2 Å². The van der Waals surface area contributed by atoms with Crippen LogP contribution in [-0.4, -0.2) is 18.4 Å². The molecule has 1 N–H and O–H groups in total. The number of hydrogen-bond donors (Lipinski definition) is 1. The second kappa shape index (κ2) is 7.70. The van der Waals surface area contributed by atoms with Gasteiger partial charge in [0.15, 0.2) is 0 Å². The second-order valence-electron chi connectivity index (χ2n) is 6.90. The number of nitrogens with zero attached hydrogens (tertiary/aromatic N) is 1. The van der Waals surface area contributed by atoms with Crippen molar-refractivity contribution < 1.29 is 9.59 Å². The number of anilines is 2. The minimum atomic E-state index is -0.299. The van der Waals surface area contributed by atoms with Crippen molar-refractivity contribution in [2.24, 2.45) is 0 Å². The van der Waals surface area contributed by atoms with E-state index >= 15 is 0 Å². The predicted molar refractivity (Wildman–Crippen MR) is 103 cm³/mol. The third kappa shape index (κ3) is 4.83. The van der Waals surface area contributed by atoms with Gasteiger partial charge in [0.1, 0.15) is 6.54 Å². The van der Waals surface area contributed by atoms with Crippen molar-refractivity contribution in [3.05, 3.63) is 59.1 Å². The molecule has 25 heavy (non-hydrogen) atoms. The van der Waals surface area contributed by atoms with Crippen LogP contribution in [-0.2, 0) is 15.0 Å². The van der Waals surface area contributed by atoms with E-state index in [0.717, 1.165) is 11.3 Å². The maximum atomic E-state index is 12.5. The van der Waals surface area contributed by atoms with Crippen LogP contribution >= 0.6 is 11.6 Å². The molecule has 0 heterocycles. The highest BCUT2D eigenvalue weighted by atomic mass is 35.5. The molecule has 0 saturated carbocycles. The number of carbonyl (C=O) groups is 2. The lowest BCUT2D eigenvalue weighted by Crippen LogP contribution is -2.38. The number of amides is 2. The fourth-order valence-electron chi connectivity index (χ4n) is 2.61. The van der Waals surface area contributed by atoms with Crippen molar-refractivity contribution in [3.8, 4) is 0 Å². The average Bonchev–Trinajstić information content (AvgIpc) is 2.54. The Morgan fingerprint density at radius 1 is 1.04 bits per heavy atom. The van der Waals surface area contributed by atoms with Crippen molar-refractivity contribution >= 4 is 34.8 Å². The first kappa shape index (κ1) is 19.0. The van der Waals surface area contributed by atoms with E-state index in [9.17, 15) is 9.59 Å². The van der Waals surface area contributed by atoms with Gasteiger partial charge in [-0.1, -0.05) is 62.7 Å². The second-order valence-corrected chi connectivity index (χ2v) is 7.31. The summed E-state index contributed by atoms with van der Waals surface area (Å²) in [5.41, 5.74) is 2.14. The zero-order valence-electron chi connectivity index (χ0n) is 15.0. The highest BCUT2D eigenvalue weighted by Gasteiger charge is 2.24. The van der Waals surface area contributed by atoms with Crippen molar-refractivity contribution in [1.82, 2.24) is 0 Å². The van der Waals surface area contributed by atoms with E-state index in [4.69, 9.17) is 11.6 Å². The first-order valence-corrected chi connectivity index (χ1v) is 8.50. The van der Waals surface area contributed by atoms with Gasteiger partial charge in [-0.15, -0.1) is 0 Å². The molecular weight excluding hydrogens is 336 g/mol. The lowest BCUT2D eigenvalue weighted by atomic mass is 9.85. The third-order valence-electron chi connectivity index (χ3n) is 3.83. The van der Waals surface area contributed by atoms with Crippen LogP contribution in [0.1, 0.15) is 33.3 Å². The van der Waals surface area contributed by atoms with Crippen LogP contribution in [0.15, 0.2) is 48.5 Å². The van der Waals surface area contributed by atoms with E-state index in [1.54, 1.807) is 24.3 Å². The Balaban J connectivity index is 2.27. The van der Waals surface area contributed by atoms with Crippen LogP contribution in [0.4, 0.5) is 11.4 Å². The summed E-state index contributed by atoms with van der Waals surface area (Å²) >= 11 is 6.07. The van der Waals surface area contributed by atoms with E-state index < -0.39 is 0 Å². The number of nitrogens with one attached hydrogen (secondary N) is 1. The molecule has 0 aliphatic rings. The summed E-state index contributed by atoms with van der Waals surface area (Å²) in [6.45, 7) is 7.62. The van der Waals surface area contributed by atoms with Gasteiger partial charge in [0, 0.05) is 12.6 Å². The van der Waals surface area contributed by atoms with Gasteiger partial charge in [0.2, 0.25) is 11.8 Å². The first-order valence-electron chi connectivity index (χ1n) is 8.12. The van der Waals surface area contributed by atoms with Gasteiger partial charge >= 0.3 is 0 Å². The zero-order chi connectivity index (χ0) is 18.6. The molecule has 4 nitrogen and oxygen atoms in total. The molecule has 2 amide bonds. The van der Waals surface area contributed by atoms with Crippen LogP contribution in [0, 0.1) is 0 Å². The molecule has 5 heteroatoms. The summed E-state index contributed by atoms with van der Waals surface area (Å²) in [7, 11) is 0. The number of para-hydroxylation sites is 2. The van der Waals surface area contributed by atoms with Crippen LogP contribution in [0.25, 0.3) is 0 Å². The van der Waals surface area contributed by atoms with Gasteiger partial charge in [-0.25, -0.2) is 0 Å². The fraction of sp³-hybridized carbons (Fsp3) is 0.300. The summed E-state index contributed by atoms with van der Waals surface area (Å²) in [6, 6.07) is 14.7. The summed E-state index contributed by atoms with van der Waals surface area (Å²) < 4.78 is 0. The molecule has 132 valence electrons. The van der Waals surface area contributed by atoms with E-state index in [2.05, 4.69) is 26.1 Å². The number of hydrogen-bond acceptors (Lipinski definition) is 2. The monoisotopic (exact) mass is 358 g/mol. The quantitative estimate of drug-likeness (QED) is 0.866. The van der Waals surface area contributed by atoms with Gasteiger partial charge in [0.05, 0.1) is 10.7 Å². The minimum Gasteiger partial charge on any atom is -0.323 e. The van der Waals surface area contributed by atoms with Crippen molar-refractivity contribution in [2.75, 3.05) is 16.8 Å². The third-order valence-corrected chi connectivity index (χ3v) is 4.16. The molecule has 0 fully saturated rings. The largest absolute Gasteiger partial charge is 0.323 e. The van der Waals surface area contributed by atoms with Gasteiger partial charge in [-0.3, -0.25) is 9.59 Å².